The number of hydrogen-bond acceptors (Lipinski definition) is 2. The number of nitrogens with zero attached hydrogens (tertiary/aromatic N) is 2. The summed E-state index contributed by atoms with van der Waals surface area (Å²) in [6.07, 6.45) is 3.25. The predicted octanol–water partition coefficient (Wildman–Crippen LogP) is 3.22. The van der Waals surface area contributed by atoms with E-state index in [-0.39, 0.29) is 0 Å². The van der Waals surface area contributed by atoms with Gasteiger partial charge < -0.3 is 0 Å². The first-order valence-electron chi connectivity index (χ1n) is 7.28. The van der Waals surface area contributed by atoms with E-state index in [1.807, 2.05) is 12.3 Å². The average Bonchev–Trinajstić information content (AvgIpc) is 3.00. The molecule has 2 unspecified atom stereocenters. The molecule has 2 atom stereocenters. The summed E-state index contributed by atoms with van der Waals surface area (Å²) in [5, 5.41) is 1.28. The highest BCUT2D eigenvalue weighted by Gasteiger charge is 2.60. The van der Waals surface area contributed by atoms with Crippen LogP contribution in [-0.4, -0.2) is 29.0 Å². The Balaban J connectivity index is 1.72. The summed E-state index contributed by atoms with van der Waals surface area (Å²) in [7, 11) is 0. The van der Waals surface area contributed by atoms with Crippen LogP contribution in [0.4, 0.5) is 0 Å². The van der Waals surface area contributed by atoms with Gasteiger partial charge in [-0.25, -0.2) is 0 Å². The summed E-state index contributed by atoms with van der Waals surface area (Å²) in [4.78, 5) is 7.04. The summed E-state index contributed by atoms with van der Waals surface area (Å²) < 4.78 is 0. The van der Waals surface area contributed by atoms with E-state index in [4.69, 9.17) is 0 Å². The number of pyridine rings is 1. The first-order valence-corrected chi connectivity index (χ1v) is 7.28. The van der Waals surface area contributed by atoms with Gasteiger partial charge >= 0.3 is 0 Å². The lowest BCUT2D eigenvalue weighted by atomic mass is 9.93. The number of rotatable bonds is 2. The Hall–Kier alpha value is -1.41. The molecule has 1 aliphatic carbocycles. The van der Waals surface area contributed by atoms with E-state index < -0.39 is 0 Å². The zero-order valence-corrected chi connectivity index (χ0v) is 11.6. The lowest BCUT2D eigenvalue weighted by Gasteiger charge is -2.24. The van der Waals surface area contributed by atoms with Gasteiger partial charge in [-0.05, 0) is 49.9 Å². The normalized spacial score (nSPS) is 29.9. The van der Waals surface area contributed by atoms with Crippen LogP contribution >= 0.6 is 0 Å². The summed E-state index contributed by atoms with van der Waals surface area (Å²) in [6, 6.07) is 11.7. The molecule has 0 amide bonds. The molecule has 0 spiro atoms. The highest BCUT2D eigenvalue weighted by molar-refractivity contribution is 5.79. The molecule has 2 heteroatoms. The summed E-state index contributed by atoms with van der Waals surface area (Å²) in [6.45, 7) is 7.13. The summed E-state index contributed by atoms with van der Waals surface area (Å²) >= 11 is 0. The van der Waals surface area contributed by atoms with Crippen LogP contribution in [0.25, 0.3) is 10.9 Å². The Morgan fingerprint density at radius 3 is 3.00 bits per heavy atom. The quantitative estimate of drug-likeness (QED) is 0.816. The second-order valence-corrected chi connectivity index (χ2v) is 6.49. The molecule has 2 heterocycles. The third kappa shape index (κ3) is 1.63. The van der Waals surface area contributed by atoms with Gasteiger partial charge in [-0.1, -0.05) is 12.1 Å². The lowest BCUT2D eigenvalue weighted by molar-refractivity contribution is 0.243. The third-order valence-corrected chi connectivity index (χ3v) is 5.08. The Morgan fingerprint density at radius 1 is 1.32 bits per heavy atom. The molecule has 2 nitrogen and oxygen atoms in total. The minimum atomic E-state index is 0.453. The number of benzene rings is 1. The fourth-order valence-electron chi connectivity index (χ4n) is 3.75. The number of hydrogen-bond donors (Lipinski definition) is 0. The van der Waals surface area contributed by atoms with Crippen molar-refractivity contribution in [3.05, 3.63) is 42.1 Å². The molecule has 2 aromatic rings. The topological polar surface area (TPSA) is 16.1 Å². The van der Waals surface area contributed by atoms with E-state index in [1.165, 1.54) is 30.5 Å². The zero-order valence-electron chi connectivity index (χ0n) is 11.6. The van der Waals surface area contributed by atoms with Crippen LogP contribution in [0.3, 0.4) is 0 Å². The van der Waals surface area contributed by atoms with Crippen LogP contribution < -0.4 is 0 Å². The minimum absolute atomic E-state index is 0.453. The molecule has 0 bridgehead atoms. The lowest BCUT2D eigenvalue weighted by Crippen LogP contribution is -2.32. The maximum atomic E-state index is 4.42. The molecule has 1 saturated carbocycles. The highest BCUT2D eigenvalue weighted by atomic mass is 15.2. The Kier molecular flexibility index (Phi) is 2.28. The molecule has 2 aliphatic rings. The zero-order chi connectivity index (χ0) is 13.0. The van der Waals surface area contributed by atoms with Crippen LogP contribution in [0.5, 0.6) is 0 Å². The van der Waals surface area contributed by atoms with Crippen LogP contribution in [-0.2, 0) is 5.41 Å². The second-order valence-electron chi connectivity index (χ2n) is 6.49. The van der Waals surface area contributed by atoms with Gasteiger partial charge in [0.1, 0.15) is 0 Å². The van der Waals surface area contributed by atoms with Crippen LogP contribution in [0.1, 0.15) is 25.8 Å². The molecule has 1 aliphatic heterocycles. The SMILES string of the molecule is CC(C)N1CC2CC2(c2ccc3ncccc3c2)C1. The summed E-state index contributed by atoms with van der Waals surface area (Å²) in [5.41, 5.74) is 3.09. The highest BCUT2D eigenvalue weighted by Crippen LogP contribution is 2.59. The monoisotopic (exact) mass is 252 g/mol. The van der Waals surface area contributed by atoms with E-state index in [0.29, 0.717) is 11.5 Å². The number of likely N-dealkylation sites (tertiary alicyclic amines) is 1. The van der Waals surface area contributed by atoms with Crippen molar-refractivity contribution in [2.75, 3.05) is 13.1 Å². The Labute approximate surface area is 114 Å². The van der Waals surface area contributed by atoms with Crippen molar-refractivity contribution in [3.63, 3.8) is 0 Å². The van der Waals surface area contributed by atoms with Gasteiger partial charge in [0.2, 0.25) is 0 Å². The third-order valence-electron chi connectivity index (χ3n) is 5.08. The molecule has 4 rings (SSSR count). The maximum absolute atomic E-state index is 4.42. The number of aromatic nitrogens is 1. The molecule has 0 N–H and O–H groups in total. The van der Waals surface area contributed by atoms with E-state index in [9.17, 15) is 0 Å². The van der Waals surface area contributed by atoms with Gasteiger partial charge in [0, 0.05) is 36.1 Å². The minimum Gasteiger partial charge on any atom is -0.300 e. The smallest absolute Gasteiger partial charge is 0.0702 e. The number of piperidine rings is 1. The fraction of sp³-hybridized carbons (Fsp3) is 0.471. The first-order chi connectivity index (χ1) is 9.19. The molecular formula is C17H20N2. The fourth-order valence-corrected chi connectivity index (χ4v) is 3.75. The number of fused-ring (bicyclic) bond motifs is 2. The standard InChI is InChI=1S/C17H20N2/c1-12(2)19-10-15-9-17(15,11-19)14-5-6-16-13(8-14)4-3-7-18-16/h3-8,12,15H,9-11H2,1-2H3. The molecule has 98 valence electrons. The van der Waals surface area contributed by atoms with Gasteiger partial charge in [0.05, 0.1) is 5.52 Å². The predicted molar refractivity (Wildman–Crippen MR) is 78.2 cm³/mol. The van der Waals surface area contributed by atoms with E-state index >= 15 is 0 Å². The van der Waals surface area contributed by atoms with Gasteiger partial charge in [0.15, 0.2) is 0 Å². The van der Waals surface area contributed by atoms with E-state index in [0.717, 1.165) is 11.4 Å². The largest absolute Gasteiger partial charge is 0.300 e. The Bertz CT molecular complexity index is 634. The Morgan fingerprint density at radius 2 is 2.21 bits per heavy atom. The van der Waals surface area contributed by atoms with Crippen molar-refractivity contribution in [1.82, 2.24) is 9.88 Å². The van der Waals surface area contributed by atoms with E-state index in [1.54, 1.807) is 0 Å². The molecule has 2 fully saturated rings. The molecular weight excluding hydrogens is 232 g/mol. The van der Waals surface area contributed by atoms with Gasteiger partial charge in [-0.3, -0.25) is 9.88 Å². The maximum Gasteiger partial charge on any atom is 0.0702 e. The van der Waals surface area contributed by atoms with Crippen molar-refractivity contribution in [2.45, 2.75) is 31.7 Å². The van der Waals surface area contributed by atoms with Crippen molar-refractivity contribution in [3.8, 4) is 0 Å². The van der Waals surface area contributed by atoms with Gasteiger partial charge in [-0.15, -0.1) is 0 Å². The molecule has 19 heavy (non-hydrogen) atoms. The second kappa shape index (κ2) is 3.80. The first kappa shape index (κ1) is 11.4. The summed E-state index contributed by atoms with van der Waals surface area (Å²) in [5.74, 6) is 0.879. The van der Waals surface area contributed by atoms with Crippen molar-refractivity contribution < 1.29 is 0 Å². The van der Waals surface area contributed by atoms with Crippen molar-refractivity contribution in [2.24, 2.45) is 5.92 Å². The van der Waals surface area contributed by atoms with Crippen LogP contribution in [0.2, 0.25) is 0 Å². The molecule has 1 aromatic heterocycles. The van der Waals surface area contributed by atoms with Crippen LogP contribution in [0.15, 0.2) is 36.5 Å². The molecule has 0 radical (unpaired) electrons. The molecule has 1 aromatic carbocycles. The molecule has 1 saturated heterocycles. The van der Waals surface area contributed by atoms with Crippen molar-refractivity contribution >= 4 is 10.9 Å². The average molecular weight is 252 g/mol. The van der Waals surface area contributed by atoms with Crippen molar-refractivity contribution in [1.29, 1.82) is 0 Å². The van der Waals surface area contributed by atoms with Crippen LogP contribution in [0, 0.1) is 5.92 Å². The van der Waals surface area contributed by atoms with E-state index in [2.05, 4.69) is 48.0 Å². The van der Waals surface area contributed by atoms with Gasteiger partial charge in [0.25, 0.3) is 0 Å². The van der Waals surface area contributed by atoms with Gasteiger partial charge in [-0.2, -0.15) is 0 Å².